The Morgan fingerprint density at radius 2 is 1.88 bits per heavy atom. The van der Waals surface area contributed by atoms with Crippen molar-refractivity contribution in [1.29, 1.82) is 0 Å². The van der Waals surface area contributed by atoms with Crippen molar-refractivity contribution in [1.82, 2.24) is 0 Å². The molecule has 1 aromatic rings. The van der Waals surface area contributed by atoms with Gasteiger partial charge in [-0.25, -0.2) is 8.78 Å². The normalized spacial score (nSPS) is 12.2. The van der Waals surface area contributed by atoms with Gasteiger partial charge >= 0.3 is 0 Å². The van der Waals surface area contributed by atoms with Crippen LogP contribution in [-0.2, 0) is 6.42 Å². The highest BCUT2D eigenvalue weighted by Crippen LogP contribution is 2.23. The first kappa shape index (κ1) is 13.9. The molecule has 0 bridgehead atoms. The lowest BCUT2D eigenvalue weighted by atomic mass is 10.1. The molecule has 1 rings (SSSR count). The molecule has 1 aromatic carbocycles. The van der Waals surface area contributed by atoms with Crippen LogP contribution in [0.4, 0.5) is 8.78 Å². The van der Waals surface area contributed by atoms with Crippen LogP contribution in [0.5, 0.6) is 0 Å². The number of rotatable bonds is 7. The van der Waals surface area contributed by atoms with Crippen LogP contribution in [0.1, 0.15) is 38.2 Å². The molecule has 0 spiro atoms. The van der Waals surface area contributed by atoms with Crippen LogP contribution < -0.4 is 0 Å². The average molecular weight is 238 g/mol. The molecule has 0 aliphatic carbocycles. The first-order valence-corrected chi connectivity index (χ1v) is 6.23. The Morgan fingerprint density at radius 1 is 1.18 bits per heavy atom. The third kappa shape index (κ3) is 6.20. The molecule has 0 saturated heterocycles. The summed E-state index contributed by atoms with van der Waals surface area (Å²) in [6, 6.07) is 9.92. The maximum Gasteiger partial charge on any atom is 0.266 e. The summed E-state index contributed by atoms with van der Waals surface area (Å²) in [7, 11) is 0. The third-order valence-electron chi connectivity index (χ3n) is 2.67. The monoisotopic (exact) mass is 238 g/mol. The number of alkyl halides is 2. The van der Waals surface area contributed by atoms with Crippen LogP contribution in [0.2, 0.25) is 0 Å². The molecule has 0 nitrogen and oxygen atoms in total. The summed E-state index contributed by atoms with van der Waals surface area (Å²) in [6.07, 6.45) is 5.51. The topological polar surface area (TPSA) is 0 Å². The Labute approximate surface area is 102 Å². The highest BCUT2D eigenvalue weighted by molar-refractivity contribution is 5.15. The van der Waals surface area contributed by atoms with E-state index < -0.39 is 5.92 Å². The van der Waals surface area contributed by atoms with Crippen molar-refractivity contribution in [3.63, 3.8) is 0 Å². The number of aryl methyl sites for hydroxylation is 1. The molecule has 94 valence electrons. The fraction of sp³-hybridized carbons (Fsp3) is 0.467. The lowest BCUT2D eigenvalue weighted by Crippen LogP contribution is -2.11. The average Bonchev–Trinajstić information content (AvgIpc) is 2.34. The fourth-order valence-electron chi connectivity index (χ4n) is 1.65. The van der Waals surface area contributed by atoms with E-state index in [-0.39, 0.29) is 6.42 Å². The molecule has 0 aliphatic heterocycles. The van der Waals surface area contributed by atoms with E-state index in [4.69, 9.17) is 0 Å². The first-order chi connectivity index (χ1) is 8.14. The molecule has 0 radical (unpaired) electrons. The molecule has 0 aromatic heterocycles. The summed E-state index contributed by atoms with van der Waals surface area (Å²) < 4.78 is 26.5. The highest BCUT2D eigenvalue weighted by atomic mass is 19.3. The number of allylic oxidation sites excluding steroid dienone is 2. The summed E-state index contributed by atoms with van der Waals surface area (Å²) in [5.74, 6) is -2.63. The predicted octanol–water partition coefficient (Wildman–Crippen LogP) is 5.00. The molecule has 17 heavy (non-hydrogen) atoms. The van der Waals surface area contributed by atoms with Gasteiger partial charge in [-0.15, -0.1) is 0 Å². The lowest BCUT2D eigenvalue weighted by Gasteiger charge is -2.10. The van der Waals surface area contributed by atoms with Gasteiger partial charge in [0.2, 0.25) is 0 Å². The van der Waals surface area contributed by atoms with Crippen LogP contribution in [0.25, 0.3) is 0 Å². The number of halogens is 2. The van der Waals surface area contributed by atoms with E-state index >= 15 is 0 Å². The Hall–Kier alpha value is -1.18. The molecule has 0 atom stereocenters. The molecule has 0 N–H and O–H groups in total. The van der Waals surface area contributed by atoms with Gasteiger partial charge in [-0.05, 0) is 30.9 Å². The molecule has 0 fully saturated rings. The van der Waals surface area contributed by atoms with E-state index in [1.807, 2.05) is 37.3 Å². The fourth-order valence-corrected chi connectivity index (χ4v) is 1.65. The van der Waals surface area contributed by atoms with E-state index in [2.05, 4.69) is 0 Å². The van der Waals surface area contributed by atoms with Crippen molar-refractivity contribution in [2.24, 2.45) is 0 Å². The minimum Gasteiger partial charge on any atom is -0.202 e. The van der Waals surface area contributed by atoms with E-state index in [0.29, 0.717) is 12.8 Å². The van der Waals surface area contributed by atoms with E-state index in [1.54, 1.807) is 6.08 Å². The van der Waals surface area contributed by atoms with E-state index in [0.717, 1.165) is 18.9 Å². The standard InChI is InChI=1S/C15H20F2/c1-2-3-12-15(16,17)13-8-7-11-14-9-5-4-6-10-14/h4-6,8-10,13H,2-3,7,11-12H2,1H3/b13-8-. The molecule has 0 unspecified atom stereocenters. The van der Waals surface area contributed by atoms with E-state index in [9.17, 15) is 8.78 Å². The number of benzene rings is 1. The second-order valence-corrected chi connectivity index (χ2v) is 4.29. The van der Waals surface area contributed by atoms with Gasteiger partial charge in [0.25, 0.3) is 5.92 Å². The maximum atomic E-state index is 13.2. The smallest absolute Gasteiger partial charge is 0.202 e. The first-order valence-electron chi connectivity index (χ1n) is 6.23. The largest absolute Gasteiger partial charge is 0.266 e. The minimum atomic E-state index is -2.63. The van der Waals surface area contributed by atoms with Crippen molar-refractivity contribution >= 4 is 0 Å². The third-order valence-corrected chi connectivity index (χ3v) is 2.67. The zero-order valence-corrected chi connectivity index (χ0v) is 10.3. The zero-order valence-electron chi connectivity index (χ0n) is 10.3. The zero-order chi connectivity index (χ0) is 12.6. The van der Waals surface area contributed by atoms with Crippen LogP contribution in [0.15, 0.2) is 42.5 Å². The van der Waals surface area contributed by atoms with Crippen molar-refractivity contribution in [3.05, 3.63) is 48.0 Å². The van der Waals surface area contributed by atoms with Gasteiger partial charge in [-0.1, -0.05) is 49.8 Å². The van der Waals surface area contributed by atoms with Crippen LogP contribution >= 0.6 is 0 Å². The molecule has 0 saturated carbocycles. The lowest BCUT2D eigenvalue weighted by molar-refractivity contribution is 0.0430. The van der Waals surface area contributed by atoms with Gasteiger partial charge < -0.3 is 0 Å². The van der Waals surface area contributed by atoms with E-state index in [1.165, 1.54) is 5.56 Å². The van der Waals surface area contributed by atoms with Crippen molar-refractivity contribution in [3.8, 4) is 0 Å². The summed E-state index contributed by atoms with van der Waals surface area (Å²) >= 11 is 0. The quantitative estimate of drug-likeness (QED) is 0.586. The Bertz CT molecular complexity index is 328. The second-order valence-electron chi connectivity index (χ2n) is 4.29. The summed E-state index contributed by atoms with van der Waals surface area (Å²) in [6.45, 7) is 1.93. The predicted molar refractivity (Wildman–Crippen MR) is 68.4 cm³/mol. The molecule has 0 aliphatic rings. The summed E-state index contributed by atoms with van der Waals surface area (Å²) in [5, 5.41) is 0. The van der Waals surface area contributed by atoms with Gasteiger partial charge in [0, 0.05) is 6.42 Å². The van der Waals surface area contributed by atoms with Crippen molar-refractivity contribution in [2.75, 3.05) is 0 Å². The van der Waals surface area contributed by atoms with Crippen molar-refractivity contribution < 1.29 is 8.78 Å². The van der Waals surface area contributed by atoms with Crippen LogP contribution in [-0.4, -0.2) is 5.92 Å². The van der Waals surface area contributed by atoms with Gasteiger partial charge in [0.15, 0.2) is 0 Å². The summed E-state index contributed by atoms with van der Waals surface area (Å²) in [4.78, 5) is 0. The molecular formula is C15H20F2. The SMILES string of the molecule is CCCCC(F)(F)/C=C\CCc1ccccc1. The minimum absolute atomic E-state index is 0.0364. The van der Waals surface area contributed by atoms with Gasteiger partial charge in [-0.3, -0.25) is 0 Å². The Kier molecular flexibility index (Phi) is 5.88. The molecule has 0 amide bonds. The Morgan fingerprint density at radius 3 is 2.53 bits per heavy atom. The molecular weight excluding hydrogens is 218 g/mol. The van der Waals surface area contributed by atoms with Gasteiger partial charge in [-0.2, -0.15) is 0 Å². The van der Waals surface area contributed by atoms with Crippen LogP contribution in [0.3, 0.4) is 0 Å². The molecule has 0 heterocycles. The van der Waals surface area contributed by atoms with Crippen LogP contribution in [0, 0.1) is 0 Å². The number of unbranched alkanes of at least 4 members (excludes halogenated alkanes) is 1. The second kappa shape index (κ2) is 7.21. The Balaban J connectivity index is 2.30. The summed E-state index contributed by atoms with van der Waals surface area (Å²) in [5.41, 5.74) is 1.19. The number of hydrogen-bond donors (Lipinski definition) is 0. The van der Waals surface area contributed by atoms with Gasteiger partial charge in [0.05, 0.1) is 0 Å². The molecule has 2 heteroatoms. The van der Waals surface area contributed by atoms with Crippen molar-refractivity contribution in [2.45, 2.75) is 45.0 Å². The van der Waals surface area contributed by atoms with Gasteiger partial charge in [0.1, 0.15) is 0 Å². The maximum absolute atomic E-state index is 13.2. The number of hydrogen-bond acceptors (Lipinski definition) is 0. The highest BCUT2D eigenvalue weighted by Gasteiger charge is 2.23.